The molecule has 0 bridgehead atoms. The average molecular weight is 385 g/mol. The van der Waals surface area contributed by atoms with E-state index in [-0.39, 0.29) is 5.56 Å². The maximum absolute atomic E-state index is 12.7. The molecule has 1 aliphatic carbocycles. The van der Waals surface area contributed by atoms with Crippen LogP contribution in [0.15, 0.2) is 65.7 Å². The number of pyridine rings is 2. The van der Waals surface area contributed by atoms with E-state index in [2.05, 4.69) is 28.7 Å². The van der Waals surface area contributed by atoms with Crippen LogP contribution < -0.4 is 10.3 Å². The number of aromatic nitrogens is 3. The van der Waals surface area contributed by atoms with Gasteiger partial charge in [0.15, 0.2) is 0 Å². The van der Waals surface area contributed by atoms with Crippen molar-refractivity contribution in [1.82, 2.24) is 14.1 Å². The summed E-state index contributed by atoms with van der Waals surface area (Å²) in [5.74, 6) is 0.548. The molecular formula is C24H23N3O2. The molecule has 3 aromatic heterocycles. The van der Waals surface area contributed by atoms with E-state index in [1.807, 2.05) is 30.3 Å². The van der Waals surface area contributed by atoms with Crippen molar-refractivity contribution < 1.29 is 4.74 Å². The van der Waals surface area contributed by atoms with Crippen LogP contribution in [-0.4, -0.2) is 14.1 Å². The van der Waals surface area contributed by atoms with Gasteiger partial charge >= 0.3 is 0 Å². The highest BCUT2D eigenvalue weighted by molar-refractivity contribution is 5.87. The van der Waals surface area contributed by atoms with Gasteiger partial charge in [0.1, 0.15) is 12.4 Å². The Morgan fingerprint density at radius 1 is 1.07 bits per heavy atom. The topological polar surface area (TPSA) is 49.0 Å². The van der Waals surface area contributed by atoms with Crippen LogP contribution in [0.2, 0.25) is 0 Å². The molecule has 29 heavy (non-hydrogen) atoms. The molecule has 5 nitrogen and oxygen atoms in total. The summed E-state index contributed by atoms with van der Waals surface area (Å²) in [6.45, 7) is 0.338. The van der Waals surface area contributed by atoms with Crippen molar-refractivity contribution in [1.29, 1.82) is 0 Å². The van der Waals surface area contributed by atoms with Crippen LogP contribution in [0.25, 0.3) is 16.6 Å². The third-order valence-electron chi connectivity index (χ3n) is 5.79. The zero-order chi connectivity index (χ0) is 19.8. The van der Waals surface area contributed by atoms with Crippen LogP contribution in [0.1, 0.15) is 29.8 Å². The molecule has 0 N–H and O–H groups in total. The molecule has 0 fully saturated rings. The number of aryl methyl sites for hydroxylation is 2. The summed E-state index contributed by atoms with van der Waals surface area (Å²) < 4.78 is 9.69. The molecule has 1 aliphatic rings. The first-order valence-electron chi connectivity index (χ1n) is 10.1. The fraction of sp³-hybridized carbons (Fsp3) is 0.250. The summed E-state index contributed by atoms with van der Waals surface area (Å²) in [6, 6.07) is 15.3. The monoisotopic (exact) mass is 385 g/mol. The quantitative estimate of drug-likeness (QED) is 0.529. The predicted molar refractivity (Wildman–Crippen MR) is 114 cm³/mol. The Labute approximate surface area is 169 Å². The van der Waals surface area contributed by atoms with Crippen molar-refractivity contribution in [3.05, 3.63) is 88.2 Å². The molecule has 0 radical (unpaired) electrons. The Bertz CT molecular complexity index is 1240. The van der Waals surface area contributed by atoms with Crippen LogP contribution in [-0.2, 0) is 26.5 Å². The number of hydrogen-bond donors (Lipinski definition) is 0. The maximum atomic E-state index is 12.7. The number of benzene rings is 1. The van der Waals surface area contributed by atoms with Crippen LogP contribution in [0.3, 0.4) is 0 Å². The van der Waals surface area contributed by atoms with Gasteiger partial charge in [-0.1, -0.05) is 12.1 Å². The van der Waals surface area contributed by atoms with Crippen LogP contribution in [0.5, 0.6) is 5.75 Å². The second-order valence-corrected chi connectivity index (χ2v) is 7.57. The van der Waals surface area contributed by atoms with Gasteiger partial charge in [-0.15, -0.1) is 0 Å². The Balaban J connectivity index is 1.45. The third-order valence-corrected chi connectivity index (χ3v) is 5.79. The summed E-state index contributed by atoms with van der Waals surface area (Å²) in [5, 5.41) is 1.31. The minimum atomic E-state index is -0.109. The molecule has 0 atom stereocenters. The molecule has 5 heteroatoms. The van der Waals surface area contributed by atoms with E-state index in [0.717, 1.165) is 24.2 Å². The largest absolute Gasteiger partial charge is 0.487 e. The van der Waals surface area contributed by atoms with Gasteiger partial charge in [-0.05, 0) is 61.6 Å². The molecule has 5 rings (SSSR count). The maximum Gasteiger partial charge on any atom is 0.258 e. The van der Waals surface area contributed by atoms with Crippen molar-refractivity contribution in [3.63, 3.8) is 0 Å². The van der Waals surface area contributed by atoms with Crippen molar-refractivity contribution in [3.8, 4) is 11.4 Å². The highest BCUT2D eigenvalue weighted by Crippen LogP contribution is 2.32. The van der Waals surface area contributed by atoms with E-state index in [0.29, 0.717) is 12.4 Å². The first-order chi connectivity index (χ1) is 14.2. The lowest BCUT2D eigenvalue weighted by molar-refractivity contribution is 0.300. The van der Waals surface area contributed by atoms with E-state index in [9.17, 15) is 4.79 Å². The van der Waals surface area contributed by atoms with Crippen molar-refractivity contribution >= 4 is 10.9 Å². The zero-order valence-electron chi connectivity index (χ0n) is 16.5. The molecule has 1 aromatic carbocycles. The van der Waals surface area contributed by atoms with Crippen LogP contribution in [0, 0.1) is 0 Å². The molecule has 0 saturated carbocycles. The van der Waals surface area contributed by atoms with E-state index in [4.69, 9.17) is 4.74 Å². The number of hydrogen-bond acceptors (Lipinski definition) is 3. The molecule has 0 amide bonds. The number of nitrogens with zero attached hydrogens (tertiary/aromatic N) is 3. The highest BCUT2D eigenvalue weighted by atomic mass is 16.5. The van der Waals surface area contributed by atoms with Gasteiger partial charge in [0, 0.05) is 36.6 Å². The lowest BCUT2D eigenvalue weighted by atomic mass is 9.95. The van der Waals surface area contributed by atoms with Crippen LogP contribution >= 0.6 is 0 Å². The van der Waals surface area contributed by atoms with Crippen molar-refractivity contribution in [2.24, 2.45) is 7.05 Å². The summed E-state index contributed by atoms with van der Waals surface area (Å²) in [5.41, 5.74) is 5.70. The fourth-order valence-corrected chi connectivity index (χ4v) is 4.30. The van der Waals surface area contributed by atoms with Crippen LogP contribution in [0.4, 0.5) is 0 Å². The molecule has 0 spiro atoms. The third kappa shape index (κ3) is 3.23. The predicted octanol–water partition coefficient (Wildman–Crippen LogP) is 4.18. The van der Waals surface area contributed by atoms with E-state index >= 15 is 0 Å². The van der Waals surface area contributed by atoms with Gasteiger partial charge in [0.2, 0.25) is 0 Å². The molecule has 0 unspecified atom stereocenters. The molecule has 0 saturated heterocycles. The van der Waals surface area contributed by atoms with Gasteiger partial charge in [-0.2, -0.15) is 0 Å². The molecule has 0 aliphatic heterocycles. The highest BCUT2D eigenvalue weighted by Gasteiger charge is 2.18. The number of ether oxygens (including phenoxy) is 1. The second kappa shape index (κ2) is 7.24. The Kier molecular flexibility index (Phi) is 4.43. The van der Waals surface area contributed by atoms with Gasteiger partial charge < -0.3 is 9.30 Å². The minimum absolute atomic E-state index is 0.109. The smallest absolute Gasteiger partial charge is 0.258 e. The zero-order valence-corrected chi connectivity index (χ0v) is 16.5. The van der Waals surface area contributed by atoms with Gasteiger partial charge in [-0.25, -0.2) is 0 Å². The summed E-state index contributed by atoms with van der Waals surface area (Å²) in [4.78, 5) is 17.0. The SMILES string of the molecule is Cn1c2c(c3ccc(-n4ccc(OCc5ccccn5)cc4=O)cc31)CCCC2. The normalized spacial score (nSPS) is 13.4. The molecular weight excluding hydrogens is 362 g/mol. The minimum Gasteiger partial charge on any atom is -0.487 e. The average Bonchev–Trinajstić information content (AvgIpc) is 3.05. The fourth-order valence-electron chi connectivity index (χ4n) is 4.30. The molecule has 3 heterocycles. The summed E-state index contributed by atoms with van der Waals surface area (Å²) in [6.07, 6.45) is 8.30. The second-order valence-electron chi connectivity index (χ2n) is 7.57. The van der Waals surface area contributed by atoms with Gasteiger partial charge in [0.05, 0.1) is 16.9 Å². The number of rotatable bonds is 4. The standard InChI is InChI=1S/C24H23N3O2/c1-26-22-8-3-2-7-20(22)21-10-9-18(14-23(21)26)27-13-11-19(15-24(27)28)29-16-17-6-4-5-12-25-17/h4-6,9-15H,2-3,7-8,16H2,1H3. The van der Waals surface area contributed by atoms with Crippen molar-refractivity contribution in [2.75, 3.05) is 0 Å². The number of fused-ring (bicyclic) bond motifs is 3. The van der Waals surface area contributed by atoms with Gasteiger partial charge in [-0.3, -0.25) is 14.3 Å². The lowest BCUT2D eigenvalue weighted by Gasteiger charge is -2.12. The lowest BCUT2D eigenvalue weighted by Crippen LogP contribution is -2.16. The first-order valence-corrected chi connectivity index (χ1v) is 10.1. The van der Waals surface area contributed by atoms with Crippen molar-refractivity contribution in [2.45, 2.75) is 32.3 Å². The van der Waals surface area contributed by atoms with Gasteiger partial charge in [0.25, 0.3) is 5.56 Å². The van der Waals surface area contributed by atoms with E-state index in [1.54, 1.807) is 17.0 Å². The molecule has 146 valence electrons. The first kappa shape index (κ1) is 17.7. The Morgan fingerprint density at radius 2 is 1.97 bits per heavy atom. The summed E-state index contributed by atoms with van der Waals surface area (Å²) in [7, 11) is 2.13. The Hall–Kier alpha value is -3.34. The summed E-state index contributed by atoms with van der Waals surface area (Å²) >= 11 is 0. The van der Waals surface area contributed by atoms with E-state index in [1.165, 1.54) is 41.1 Å². The van der Waals surface area contributed by atoms with E-state index < -0.39 is 0 Å². The Morgan fingerprint density at radius 3 is 2.79 bits per heavy atom. The molecule has 4 aromatic rings.